The van der Waals surface area contributed by atoms with Gasteiger partial charge in [-0.1, -0.05) is 32.0 Å². The van der Waals surface area contributed by atoms with Crippen LogP contribution in [0.3, 0.4) is 0 Å². The molecule has 0 aromatic heterocycles. The van der Waals surface area contributed by atoms with E-state index in [1.165, 1.54) is 16.7 Å². The largest absolute Gasteiger partial charge is 0.504 e. The third kappa shape index (κ3) is 3.66. The van der Waals surface area contributed by atoms with Crippen LogP contribution in [-0.4, -0.2) is 18.8 Å². The predicted molar refractivity (Wildman–Crippen MR) is 96.0 cm³/mol. The Hall–Kier alpha value is -2.16. The van der Waals surface area contributed by atoms with Gasteiger partial charge in [0.2, 0.25) is 0 Å². The van der Waals surface area contributed by atoms with E-state index in [-0.39, 0.29) is 5.75 Å². The molecule has 0 saturated heterocycles. The SMILES string of the molecule is COc1cc(C[C@H](C)[C@H](C)Cc2ccc3c(c2)CCO3)ccc1O. The van der Waals surface area contributed by atoms with E-state index in [1.807, 2.05) is 12.1 Å². The number of ether oxygens (including phenoxy) is 2. The Kier molecular flexibility index (Phi) is 4.98. The maximum atomic E-state index is 9.71. The lowest BCUT2D eigenvalue weighted by Gasteiger charge is -2.21. The van der Waals surface area contributed by atoms with E-state index in [2.05, 4.69) is 32.0 Å². The molecule has 0 aliphatic carbocycles. The Balaban J connectivity index is 1.63. The molecule has 0 saturated carbocycles. The number of benzene rings is 2. The second kappa shape index (κ2) is 7.16. The quantitative estimate of drug-likeness (QED) is 0.855. The highest BCUT2D eigenvalue weighted by atomic mass is 16.5. The van der Waals surface area contributed by atoms with Crippen LogP contribution < -0.4 is 9.47 Å². The minimum Gasteiger partial charge on any atom is -0.504 e. The highest BCUT2D eigenvalue weighted by molar-refractivity contribution is 5.42. The molecule has 0 bridgehead atoms. The van der Waals surface area contributed by atoms with Crippen LogP contribution in [0.5, 0.6) is 17.2 Å². The molecule has 1 N–H and O–H groups in total. The standard InChI is InChI=1S/C21H26O3/c1-14(10-16-5-7-20-18(12-16)8-9-24-20)15(2)11-17-4-6-19(22)21(13-17)23-3/h4-7,12-15,22H,8-11H2,1-3H3/t14-,15+/m1/s1. The van der Waals surface area contributed by atoms with Crippen molar-refractivity contribution in [3.05, 3.63) is 53.1 Å². The summed E-state index contributed by atoms with van der Waals surface area (Å²) in [6.45, 7) is 5.42. The maximum Gasteiger partial charge on any atom is 0.160 e. The summed E-state index contributed by atoms with van der Waals surface area (Å²) < 4.78 is 10.8. The summed E-state index contributed by atoms with van der Waals surface area (Å²) in [5, 5.41) is 9.71. The molecule has 0 unspecified atom stereocenters. The molecular formula is C21H26O3. The molecule has 2 aromatic rings. The molecule has 0 fully saturated rings. The van der Waals surface area contributed by atoms with Crippen LogP contribution in [0.25, 0.3) is 0 Å². The Labute approximate surface area is 144 Å². The molecule has 2 aromatic carbocycles. The van der Waals surface area contributed by atoms with E-state index in [1.54, 1.807) is 13.2 Å². The Morgan fingerprint density at radius 2 is 1.71 bits per heavy atom. The number of hydrogen-bond acceptors (Lipinski definition) is 3. The van der Waals surface area contributed by atoms with E-state index in [4.69, 9.17) is 9.47 Å². The van der Waals surface area contributed by atoms with Crippen molar-refractivity contribution in [3.8, 4) is 17.2 Å². The molecule has 0 amide bonds. The zero-order chi connectivity index (χ0) is 17.1. The third-order valence-corrected chi connectivity index (χ3v) is 5.08. The van der Waals surface area contributed by atoms with Gasteiger partial charge < -0.3 is 14.6 Å². The molecule has 24 heavy (non-hydrogen) atoms. The number of rotatable bonds is 6. The van der Waals surface area contributed by atoms with Crippen LogP contribution >= 0.6 is 0 Å². The van der Waals surface area contributed by atoms with Gasteiger partial charge in [0, 0.05) is 6.42 Å². The van der Waals surface area contributed by atoms with E-state index in [0.29, 0.717) is 17.6 Å². The highest BCUT2D eigenvalue weighted by Crippen LogP contribution is 2.30. The molecule has 3 rings (SSSR count). The van der Waals surface area contributed by atoms with Crippen LogP contribution in [0.15, 0.2) is 36.4 Å². The Morgan fingerprint density at radius 3 is 2.42 bits per heavy atom. The number of fused-ring (bicyclic) bond motifs is 1. The summed E-state index contributed by atoms with van der Waals surface area (Å²) >= 11 is 0. The number of methoxy groups -OCH3 is 1. The van der Waals surface area contributed by atoms with Crippen LogP contribution in [0, 0.1) is 11.8 Å². The fourth-order valence-electron chi connectivity index (χ4n) is 3.36. The fraction of sp³-hybridized carbons (Fsp3) is 0.429. The van der Waals surface area contributed by atoms with Crippen LogP contribution in [0.2, 0.25) is 0 Å². The van der Waals surface area contributed by atoms with Crippen molar-refractivity contribution in [2.75, 3.05) is 13.7 Å². The van der Waals surface area contributed by atoms with Gasteiger partial charge in [-0.05, 0) is 59.6 Å². The number of phenols is 1. The summed E-state index contributed by atoms with van der Waals surface area (Å²) in [4.78, 5) is 0. The summed E-state index contributed by atoms with van der Waals surface area (Å²) in [6, 6.07) is 12.2. The summed E-state index contributed by atoms with van der Waals surface area (Å²) in [6.07, 6.45) is 3.08. The van der Waals surface area contributed by atoms with Crippen molar-refractivity contribution in [3.63, 3.8) is 0 Å². The minimum atomic E-state index is 0.197. The van der Waals surface area contributed by atoms with E-state index in [9.17, 15) is 5.11 Å². The first-order valence-electron chi connectivity index (χ1n) is 8.67. The van der Waals surface area contributed by atoms with Gasteiger partial charge in [0.05, 0.1) is 13.7 Å². The second-order valence-corrected chi connectivity index (χ2v) is 6.91. The van der Waals surface area contributed by atoms with Crippen molar-refractivity contribution in [2.45, 2.75) is 33.1 Å². The van der Waals surface area contributed by atoms with Gasteiger partial charge in [-0.15, -0.1) is 0 Å². The smallest absolute Gasteiger partial charge is 0.160 e. The second-order valence-electron chi connectivity index (χ2n) is 6.91. The average Bonchev–Trinajstić information content (AvgIpc) is 3.04. The van der Waals surface area contributed by atoms with Crippen molar-refractivity contribution < 1.29 is 14.6 Å². The summed E-state index contributed by atoms with van der Waals surface area (Å²) in [5.74, 6) is 2.91. The van der Waals surface area contributed by atoms with Gasteiger partial charge in [-0.25, -0.2) is 0 Å². The van der Waals surface area contributed by atoms with Crippen LogP contribution in [0.1, 0.15) is 30.5 Å². The van der Waals surface area contributed by atoms with Gasteiger partial charge >= 0.3 is 0 Å². The first-order valence-corrected chi connectivity index (χ1v) is 8.67. The predicted octanol–water partition coefficient (Wildman–Crippen LogP) is 4.39. The van der Waals surface area contributed by atoms with Gasteiger partial charge in [0.15, 0.2) is 11.5 Å². The molecule has 0 radical (unpaired) electrons. The van der Waals surface area contributed by atoms with Crippen molar-refractivity contribution in [2.24, 2.45) is 11.8 Å². The van der Waals surface area contributed by atoms with E-state index in [0.717, 1.165) is 31.6 Å². The molecule has 3 heteroatoms. The zero-order valence-corrected chi connectivity index (χ0v) is 14.7. The van der Waals surface area contributed by atoms with E-state index >= 15 is 0 Å². The topological polar surface area (TPSA) is 38.7 Å². The van der Waals surface area contributed by atoms with E-state index < -0.39 is 0 Å². The fourth-order valence-corrected chi connectivity index (χ4v) is 3.36. The lowest BCUT2D eigenvalue weighted by molar-refractivity contribution is 0.356. The van der Waals surface area contributed by atoms with Gasteiger partial charge in [-0.3, -0.25) is 0 Å². The molecule has 128 valence electrons. The lowest BCUT2D eigenvalue weighted by atomic mass is 9.85. The molecule has 1 heterocycles. The molecule has 1 aliphatic heterocycles. The van der Waals surface area contributed by atoms with Gasteiger partial charge in [0.25, 0.3) is 0 Å². The molecular weight excluding hydrogens is 300 g/mol. The molecule has 2 atom stereocenters. The Bertz CT molecular complexity index is 691. The van der Waals surface area contributed by atoms with Gasteiger partial charge in [0.1, 0.15) is 5.75 Å². The first kappa shape index (κ1) is 16.7. The normalized spacial score (nSPS) is 15.5. The van der Waals surface area contributed by atoms with Crippen molar-refractivity contribution >= 4 is 0 Å². The summed E-state index contributed by atoms with van der Waals surface area (Å²) in [7, 11) is 1.59. The minimum absolute atomic E-state index is 0.197. The average molecular weight is 326 g/mol. The maximum absolute atomic E-state index is 9.71. The molecule has 1 aliphatic rings. The van der Waals surface area contributed by atoms with Crippen LogP contribution in [-0.2, 0) is 19.3 Å². The molecule has 3 nitrogen and oxygen atoms in total. The number of aromatic hydroxyl groups is 1. The third-order valence-electron chi connectivity index (χ3n) is 5.08. The summed E-state index contributed by atoms with van der Waals surface area (Å²) in [5.41, 5.74) is 3.93. The number of phenolic OH excluding ortho intramolecular Hbond substituents is 1. The Morgan fingerprint density at radius 1 is 1.04 bits per heavy atom. The lowest BCUT2D eigenvalue weighted by Crippen LogP contribution is -2.13. The number of hydrogen-bond donors (Lipinski definition) is 1. The van der Waals surface area contributed by atoms with Crippen molar-refractivity contribution in [1.29, 1.82) is 0 Å². The first-order chi connectivity index (χ1) is 11.6. The zero-order valence-electron chi connectivity index (χ0n) is 14.7. The monoisotopic (exact) mass is 326 g/mol. The molecule has 0 spiro atoms. The van der Waals surface area contributed by atoms with Crippen molar-refractivity contribution in [1.82, 2.24) is 0 Å². The highest BCUT2D eigenvalue weighted by Gasteiger charge is 2.17. The van der Waals surface area contributed by atoms with Gasteiger partial charge in [-0.2, -0.15) is 0 Å². The van der Waals surface area contributed by atoms with Crippen LogP contribution in [0.4, 0.5) is 0 Å².